The molecule has 0 aromatic carbocycles. The van der Waals surface area contributed by atoms with Crippen LogP contribution in [0.4, 0.5) is 5.82 Å². The molecule has 3 rings (SSSR count). The predicted molar refractivity (Wildman–Crippen MR) is 73.5 cm³/mol. The molecule has 0 bridgehead atoms. The van der Waals surface area contributed by atoms with Crippen LogP contribution in [-0.2, 0) is 13.6 Å². The second-order valence-corrected chi connectivity index (χ2v) is 5.81. The fourth-order valence-corrected chi connectivity index (χ4v) is 3.96. The first kappa shape index (κ1) is 12.0. The number of rotatable bonds is 2. The summed E-state index contributed by atoms with van der Waals surface area (Å²) in [7, 11) is 2.05. The van der Waals surface area contributed by atoms with E-state index in [-0.39, 0.29) is 0 Å². The number of aryl methyl sites for hydroxylation is 2. The molecule has 2 atom stereocenters. The lowest BCUT2D eigenvalue weighted by Gasteiger charge is -2.33. The van der Waals surface area contributed by atoms with Gasteiger partial charge in [-0.05, 0) is 32.1 Å². The number of nitrogens with zero attached hydrogens (tertiary/aromatic N) is 3. The minimum absolute atomic E-state index is 0.600. The molecule has 18 heavy (non-hydrogen) atoms. The Balaban J connectivity index is 1.95. The van der Waals surface area contributed by atoms with E-state index in [1.807, 2.05) is 4.68 Å². The van der Waals surface area contributed by atoms with Gasteiger partial charge in [0.15, 0.2) is 0 Å². The van der Waals surface area contributed by atoms with Gasteiger partial charge in [0.1, 0.15) is 5.82 Å². The molecule has 2 fully saturated rings. The minimum Gasteiger partial charge on any atom is -0.353 e. The molecule has 0 radical (unpaired) electrons. The number of hydrogen-bond acceptors (Lipinski definition) is 3. The Kier molecular flexibility index (Phi) is 3.06. The van der Waals surface area contributed by atoms with E-state index in [1.165, 1.54) is 50.0 Å². The molecule has 4 heteroatoms. The van der Waals surface area contributed by atoms with Gasteiger partial charge in [0.05, 0.1) is 5.69 Å². The van der Waals surface area contributed by atoms with Crippen molar-refractivity contribution < 1.29 is 0 Å². The van der Waals surface area contributed by atoms with Crippen LogP contribution in [0.2, 0.25) is 0 Å². The molecular formula is C14H24N4. The largest absolute Gasteiger partial charge is 0.353 e. The number of anilines is 1. The van der Waals surface area contributed by atoms with E-state index in [1.54, 1.807) is 0 Å². The normalized spacial score (nSPS) is 27.6. The van der Waals surface area contributed by atoms with E-state index in [2.05, 4.69) is 24.0 Å². The maximum atomic E-state index is 5.92. The molecule has 1 saturated heterocycles. The molecule has 1 aromatic rings. The molecule has 2 heterocycles. The van der Waals surface area contributed by atoms with Crippen LogP contribution in [-0.4, -0.2) is 22.4 Å². The van der Waals surface area contributed by atoms with Crippen LogP contribution < -0.4 is 10.6 Å². The smallest absolute Gasteiger partial charge is 0.131 e. The van der Waals surface area contributed by atoms with Gasteiger partial charge in [-0.1, -0.05) is 12.8 Å². The Morgan fingerprint density at radius 3 is 2.83 bits per heavy atom. The van der Waals surface area contributed by atoms with Gasteiger partial charge in [0.25, 0.3) is 0 Å². The highest BCUT2D eigenvalue weighted by molar-refractivity contribution is 5.52. The van der Waals surface area contributed by atoms with Crippen molar-refractivity contribution in [2.45, 2.75) is 51.6 Å². The van der Waals surface area contributed by atoms with Crippen molar-refractivity contribution >= 4 is 5.82 Å². The van der Waals surface area contributed by atoms with Crippen molar-refractivity contribution in [3.8, 4) is 0 Å². The van der Waals surface area contributed by atoms with Crippen molar-refractivity contribution in [1.29, 1.82) is 0 Å². The van der Waals surface area contributed by atoms with Crippen molar-refractivity contribution in [1.82, 2.24) is 9.78 Å². The lowest BCUT2D eigenvalue weighted by atomic mass is 9.85. The number of hydrogen-bond donors (Lipinski definition) is 1. The minimum atomic E-state index is 0.600. The van der Waals surface area contributed by atoms with Crippen molar-refractivity contribution in [2.75, 3.05) is 11.4 Å². The summed E-state index contributed by atoms with van der Waals surface area (Å²) in [6.45, 7) is 3.85. The Labute approximate surface area is 109 Å². The summed E-state index contributed by atoms with van der Waals surface area (Å²) in [5.41, 5.74) is 8.25. The monoisotopic (exact) mass is 248 g/mol. The van der Waals surface area contributed by atoms with Crippen LogP contribution in [0, 0.1) is 12.8 Å². The standard InChI is InChI=1S/C14H24N4/c1-10-12(9-15)14(17(2)16-10)18-8-7-11-5-3-4-6-13(11)18/h11,13H,3-9,15H2,1-2H3. The van der Waals surface area contributed by atoms with Gasteiger partial charge in [-0.15, -0.1) is 0 Å². The second kappa shape index (κ2) is 4.57. The molecule has 1 aliphatic carbocycles. The summed E-state index contributed by atoms with van der Waals surface area (Å²) < 4.78 is 2.04. The summed E-state index contributed by atoms with van der Waals surface area (Å²) in [6, 6.07) is 0.735. The van der Waals surface area contributed by atoms with Gasteiger partial charge in [-0.2, -0.15) is 5.10 Å². The molecule has 100 valence electrons. The quantitative estimate of drug-likeness (QED) is 0.870. The first-order chi connectivity index (χ1) is 8.72. The van der Waals surface area contributed by atoms with Crippen LogP contribution >= 0.6 is 0 Å². The average Bonchev–Trinajstić information content (AvgIpc) is 2.89. The van der Waals surface area contributed by atoms with Gasteiger partial charge in [-0.3, -0.25) is 4.68 Å². The SMILES string of the molecule is Cc1nn(C)c(N2CCC3CCCCC32)c1CN. The molecule has 0 amide bonds. The van der Waals surface area contributed by atoms with Gasteiger partial charge >= 0.3 is 0 Å². The first-order valence-electron chi connectivity index (χ1n) is 7.21. The van der Waals surface area contributed by atoms with Crippen molar-refractivity contribution in [3.63, 3.8) is 0 Å². The zero-order chi connectivity index (χ0) is 12.7. The van der Waals surface area contributed by atoms with Crippen LogP contribution in [0.15, 0.2) is 0 Å². The Bertz CT molecular complexity index is 437. The fourth-order valence-electron chi connectivity index (χ4n) is 3.96. The van der Waals surface area contributed by atoms with Gasteiger partial charge in [0.2, 0.25) is 0 Å². The summed E-state index contributed by atoms with van der Waals surface area (Å²) in [5.74, 6) is 2.18. The number of nitrogens with two attached hydrogens (primary N) is 1. The van der Waals surface area contributed by atoms with E-state index in [0.717, 1.165) is 17.7 Å². The summed E-state index contributed by atoms with van der Waals surface area (Å²) in [4.78, 5) is 2.59. The summed E-state index contributed by atoms with van der Waals surface area (Å²) in [6.07, 6.45) is 6.91. The van der Waals surface area contributed by atoms with Crippen LogP contribution in [0.5, 0.6) is 0 Å². The second-order valence-electron chi connectivity index (χ2n) is 5.81. The fraction of sp³-hybridized carbons (Fsp3) is 0.786. The number of fused-ring (bicyclic) bond motifs is 1. The molecule has 4 nitrogen and oxygen atoms in total. The van der Waals surface area contributed by atoms with E-state index < -0.39 is 0 Å². The zero-order valence-corrected chi connectivity index (χ0v) is 11.5. The molecule has 1 aliphatic heterocycles. The molecule has 0 spiro atoms. The highest BCUT2D eigenvalue weighted by Gasteiger charge is 2.37. The van der Waals surface area contributed by atoms with E-state index in [9.17, 15) is 0 Å². The van der Waals surface area contributed by atoms with Crippen LogP contribution in [0.1, 0.15) is 43.4 Å². The maximum Gasteiger partial charge on any atom is 0.131 e. The molecular weight excluding hydrogens is 224 g/mol. The van der Waals surface area contributed by atoms with Gasteiger partial charge < -0.3 is 10.6 Å². The highest BCUT2D eigenvalue weighted by atomic mass is 15.4. The van der Waals surface area contributed by atoms with E-state index in [4.69, 9.17) is 5.73 Å². The zero-order valence-electron chi connectivity index (χ0n) is 11.5. The third kappa shape index (κ3) is 1.74. The third-order valence-electron chi connectivity index (χ3n) is 4.80. The average molecular weight is 248 g/mol. The molecule has 2 aliphatic rings. The maximum absolute atomic E-state index is 5.92. The summed E-state index contributed by atoms with van der Waals surface area (Å²) >= 11 is 0. The topological polar surface area (TPSA) is 47.1 Å². The van der Waals surface area contributed by atoms with Gasteiger partial charge in [0, 0.05) is 31.7 Å². The van der Waals surface area contributed by atoms with E-state index in [0.29, 0.717) is 6.54 Å². The molecule has 2 unspecified atom stereocenters. The van der Waals surface area contributed by atoms with Crippen molar-refractivity contribution in [3.05, 3.63) is 11.3 Å². The molecule has 2 N–H and O–H groups in total. The Hall–Kier alpha value is -1.03. The Morgan fingerprint density at radius 1 is 1.28 bits per heavy atom. The predicted octanol–water partition coefficient (Wildman–Crippen LogP) is 1.96. The highest BCUT2D eigenvalue weighted by Crippen LogP contribution is 2.40. The Morgan fingerprint density at radius 2 is 2.06 bits per heavy atom. The lowest BCUT2D eigenvalue weighted by molar-refractivity contribution is 0.340. The summed E-state index contributed by atoms with van der Waals surface area (Å²) in [5, 5.41) is 4.56. The molecule has 1 aromatic heterocycles. The first-order valence-corrected chi connectivity index (χ1v) is 7.21. The molecule has 1 saturated carbocycles. The van der Waals surface area contributed by atoms with Crippen molar-refractivity contribution in [2.24, 2.45) is 18.7 Å². The van der Waals surface area contributed by atoms with Gasteiger partial charge in [-0.25, -0.2) is 0 Å². The van der Waals surface area contributed by atoms with E-state index >= 15 is 0 Å². The van der Waals surface area contributed by atoms with Crippen LogP contribution in [0.25, 0.3) is 0 Å². The third-order valence-corrected chi connectivity index (χ3v) is 4.80. The number of aromatic nitrogens is 2. The lowest BCUT2D eigenvalue weighted by Crippen LogP contribution is -2.36. The van der Waals surface area contributed by atoms with Crippen LogP contribution in [0.3, 0.4) is 0 Å².